The van der Waals surface area contributed by atoms with Gasteiger partial charge in [-0.25, -0.2) is 4.79 Å². The lowest BCUT2D eigenvalue weighted by atomic mass is 10.1. The van der Waals surface area contributed by atoms with Crippen LogP contribution in [0.5, 0.6) is 0 Å². The molecule has 100 valence electrons. The Labute approximate surface area is 106 Å². The molecule has 0 aliphatic carbocycles. The molecule has 0 aromatic carbocycles. The quantitative estimate of drug-likeness (QED) is 0.789. The molecule has 0 fully saturated rings. The first-order chi connectivity index (χ1) is 8.38. The van der Waals surface area contributed by atoms with Crippen LogP contribution in [0.2, 0.25) is 0 Å². The summed E-state index contributed by atoms with van der Waals surface area (Å²) in [5.41, 5.74) is 0.533. The summed E-state index contributed by atoms with van der Waals surface area (Å²) >= 11 is 0. The second kappa shape index (κ2) is 5.82. The Kier molecular flexibility index (Phi) is 4.67. The van der Waals surface area contributed by atoms with E-state index in [4.69, 9.17) is 4.74 Å². The number of carboxylic acids is 1. The van der Waals surface area contributed by atoms with Crippen molar-refractivity contribution in [1.29, 1.82) is 0 Å². The van der Waals surface area contributed by atoms with Gasteiger partial charge in [-0.15, -0.1) is 0 Å². The molecule has 0 saturated heterocycles. The highest BCUT2D eigenvalue weighted by Gasteiger charge is 2.23. The van der Waals surface area contributed by atoms with E-state index in [9.17, 15) is 14.7 Å². The van der Waals surface area contributed by atoms with Crippen molar-refractivity contribution in [3.8, 4) is 0 Å². The number of Topliss-reactive ketones (excluding diaryl/α,β-unsaturated/α-hetero) is 1. The smallest absolute Gasteiger partial charge is 0.352 e. The fourth-order valence-corrected chi connectivity index (χ4v) is 1.88. The van der Waals surface area contributed by atoms with Crippen LogP contribution in [0.3, 0.4) is 0 Å². The molecule has 1 unspecified atom stereocenters. The number of aromatic carboxylic acids is 1. The van der Waals surface area contributed by atoms with Gasteiger partial charge < -0.3 is 14.4 Å². The second-order valence-electron chi connectivity index (χ2n) is 4.65. The van der Waals surface area contributed by atoms with E-state index < -0.39 is 5.97 Å². The standard InChI is InChI=1S/C13H19NO4/c1-8(2)12(7-18-4)14-6-10(9(3)15)5-11(14)13(16)17/h5-6,8,12H,7H2,1-4H3,(H,16,17). The topological polar surface area (TPSA) is 68.5 Å². The molecule has 0 bridgehead atoms. The number of carboxylic acid groups (broad SMARTS) is 1. The number of hydrogen-bond donors (Lipinski definition) is 1. The molecule has 18 heavy (non-hydrogen) atoms. The normalized spacial score (nSPS) is 12.7. The van der Waals surface area contributed by atoms with E-state index in [2.05, 4.69) is 0 Å². The van der Waals surface area contributed by atoms with Crippen molar-refractivity contribution in [2.24, 2.45) is 5.92 Å². The van der Waals surface area contributed by atoms with Gasteiger partial charge in [-0.1, -0.05) is 13.8 Å². The Bertz CT molecular complexity index is 448. The molecule has 0 spiro atoms. The first kappa shape index (κ1) is 14.4. The third-order valence-electron chi connectivity index (χ3n) is 2.94. The highest BCUT2D eigenvalue weighted by Crippen LogP contribution is 2.23. The van der Waals surface area contributed by atoms with Gasteiger partial charge in [0.1, 0.15) is 5.69 Å². The minimum Gasteiger partial charge on any atom is -0.477 e. The van der Waals surface area contributed by atoms with Crippen LogP contribution in [0.25, 0.3) is 0 Å². The van der Waals surface area contributed by atoms with Crippen molar-refractivity contribution < 1.29 is 19.4 Å². The number of ketones is 1. The summed E-state index contributed by atoms with van der Waals surface area (Å²) in [5, 5.41) is 9.19. The summed E-state index contributed by atoms with van der Waals surface area (Å²) in [6.45, 7) is 5.81. The summed E-state index contributed by atoms with van der Waals surface area (Å²) in [5.74, 6) is -0.976. The number of carbonyl (C=O) groups excluding carboxylic acids is 1. The molecular formula is C13H19NO4. The highest BCUT2D eigenvalue weighted by atomic mass is 16.5. The van der Waals surface area contributed by atoms with Crippen molar-refractivity contribution in [2.75, 3.05) is 13.7 Å². The Balaban J connectivity index is 3.26. The molecule has 5 nitrogen and oxygen atoms in total. The second-order valence-corrected chi connectivity index (χ2v) is 4.65. The zero-order valence-electron chi connectivity index (χ0n) is 11.1. The molecule has 0 radical (unpaired) electrons. The van der Waals surface area contributed by atoms with E-state index in [1.54, 1.807) is 17.9 Å². The predicted molar refractivity (Wildman–Crippen MR) is 67.1 cm³/mol. The third-order valence-corrected chi connectivity index (χ3v) is 2.94. The fourth-order valence-electron chi connectivity index (χ4n) is 1.88. The molecule has 0 aliphatic rings. The SMILES string of the molecule is COCC(C(C)C)n1cc(C(C)=O)cc1C(=O)O. The number of ether oxygens (including phenoxy) is 1. The van der Waals surface area contributed by atoms with Crippen molar-refractivity contribution in [1.82, 2.24) is 4.57 Å². The minimum absolute atomic E-state index is 0.103. The number of rotatable bonds is 6. The van der Waals surface area contributed by atoms with Crippen molar-refractivity contribution in [3.05, 3.63) is 23.5 Å². The summed E-state index contributed by atoms with van der Waals surface area (Å²) in [6, 6.07) is 1.31. The molecule has 0 amide bonds. The lowest BCUT2D eigenvalue weighted by molar-refractivity contribution is 0.0670. The number of nitrogens with zero attached hydrogens (tertiary/aromatic N) is 1. The lowest BCUT2D eigenvalue weighted by Crippen LogP contribution is -2.23. The average Bonchev–Trinajstić information content (AvgIpc) is 2.69. The largest absolute Gasteiger partial charge is 0.477 e. The minimum atomic E-state index is -1.04. The fraction of sp³-hybridized carbons (Fsp3) is 0.538. The Morgan fingerprint density at radius 1 is 1.44 bits per heavy atom. The zero-order chi connectivity index (χ0) is 13.9. The number of methoxy groups -OCH3 is 1. The Morgan fingerprint density at radius 3 is 2.44 bits per heavy atom. The molecule has 1 aromatic rings. The van der Waals surface area contributed by atoms with E-state index in [1.807, 2.05) is 13.8 Å². The zero-order valence-corrected chi connectivity index (χ0v) is 11.1. The van der Waals surface area contributed by atoms with E-state index in [-0.39, 0.29) is 23.4 Å². The Hall–Kier alpha value is -1.62. The van der Waals surface area contributed by atoms with Crippen LogP contribution in [0.15, 0.2) is 12.3 Å². The lowest BCUT2D eigenvalue weighted by Gasteiger charge is -2.23. The van der Waals surface area contributed by atoms with Crippen LogP contribution in [0.1, 0.15) is 47.7 Å². The molecule has 1 aromatic heterocycles. The molecule has 1 atom stereocenters. The predicted octanol–water partition coefficient (Wildman–Crippen LogP) is 2.23. The maximum atomic E-state index is 11.3. The van der Waals surface area contributed by atoms with Gasteiger partial charge in [-0.3, -0.25) is 4.79 Å². The van der Waals surface area contributed by atoms with Gasteiger partial charge in [-0.05, 0) is 18.9 Å². The maximum absolute atomic E-state index is 11.3. The van der Waals surface area contributed by atoms with E-state index >= 15 is 0 Å². The van der Waals surface area contributed by atoms with Gasteiger partial charge >= 0.3 is 5.97 Å². The third kappa shape index (κ3) is 2.98. The van der Waals surface area contributed by atoms with Gasteiger partial charge in [0.25, 0.3) is 0 Å². The number of carbonyl (C=O) groups is 2. The first-order valence-electron chi connectivity index (χ1n) is 5.83. The van der Waals surface area contributed by atoms with Gasteiger partial charge in [0, 0.05) is 18.9 Å². The summed E-state index contributed by atoms with van der Waals surface area (Å²) in [7, 11) is 1.57. The summed E-state index contributed by atoms with van der Waals surface area (Å²) in [6.07, 6.45) is 1.59. The molecule has 0 aliphatic heterocycles. The van der Waals surface area contributed by atoms with Crippen molar-refractivity contribution in [2.45, 2.75) is 26.8 Å². The molecular weight excluding hydrogens is 234 g/mol. The van der Waals surface area contributed by atoms with E-state index in [1.165, 1.54) is 13.0 Å². The van der Waals surface area contributed by atoms with Gasteiger partial charge in [-0.2, -0.15) is 0 Å². The van der Waals surface area contributed by atoms with Gasteiger partial charge in [0.05, 0.1) is 12.6 Å². The van der Waals surface area contributed by atoms with Crippen molar-refractivity contribution >= 4 is 11.8 Å². The molecule has 1 heterocycles. The highest BCUT2D eigenvalue weighted by molar-refractivity contribution is 5.97. The molecule has 5 heteroatoms. The van der Waals surface area contributed by atoms with Crippen LogP contribution >= 0.6 is 0 Å². The van der Waals surface area contributed by atoms with Crippen LogP contribution < -0.4 is 0 Å². The van der Waals surface area contributed by atoms with E-state index in [0.29, 0.717) is 12.2 Å². The molecule has 1 N–H and O–H groups in total. The van der Waals surface area contributed by atoms with Crippen LogP contribution in [0.4, 0.5) is 0 Å². The van der Waals surface area contributed by atoms with Crippen molar-refractivity contribution in [3.63, 3.8) is 0 Å². The van der Waals surface area contributed by atoms with Gasteiger partial charge in [0.15, 0.2) is 5.78 Å². The van der Waals surface area contributed by atoms with Crippen LogP contribution in [-0.4, -0.2) is 35.1 Å². The molecule has 0 saturated carbocycles. The van der Waals surface area contributed by atoms with E-state index in [0.717, 1.165) is 0 Å². The summed E-state index contributed by atoms with van der Waals surface area (Å²) in [4.78, 5) is 22.6. The number of hydrogen-bond acceptors (Lipinski definition) is 3. The van der Waals surface area contributed by atoms with Gasteiger partial charge in [0.2, 0.25) is 0 Å². The maximum Gasteiger partial charge on any atom is 0.352 e. The number of aromatic nitrogens is 1. The van der Waals surface area contributed by atoms with Crippen LogP contribution in [-0.2, 0) is 4.74 Å². The van der Waals surface area contributed by atoms with Crippen LogP contribution in [0, 0.1) is 5.92 Å². The molecule has 1 rings (SSSR count). The summed E-state index contributed by atoms with van der Waals surface area (Å²) < 4.78 is 6.74. The Morgan fingerprint density at radius 2 is 2.06 bits per heavy atom. The average molecular weight is 253 g/mol. The monoisotopic (exact) mass is 253 g/mol. The first-order valence-corrected chi connectivity index (χ1v) is 5.83.